The van der Waals surface area contributed by atoms with E-state index in [2.05, 4.69) is 132 Å². The summed E-state index contributed by atoms with van der Waals surface area (Å²) in [5.41, 5.74) is 3.87. The van der Waals surface area contributed by atoms with E-state index in [0.29, 0.717) is 0 Å². The number of hydrogen-bond donors (Lipinski definition) is 0. The van der Waals surface area contributed by atoms with E-state index in [0.717, 1.165) is 75.8 Å². The summed E-state index contributed by atoms with van der Waals surface area (Å²) >= 11 is 0. The van der Waals surface area contributed by atoms with Crippen molar-refractivity contribution in [1.29, 1.82) is 0 Å². The van der Waals surface area contributed by atoms with Crippen molar-refractivity contribution in [1.82, 2.24) is 9.38 Å². The van der Waals surface area contributed by atoms with Crippen LogP contribution in [0.5, 0.6) is 0 Å². The van der Waals surface area contributed by atoms with Crippen molar-refractivity contribution in [3.8, 4) is 0 Å². The van der Waals surface area contributed by atoms with Crippen molar-refractivity contribution < 1.29 is 4.57 Å². The van der Waals surface area contributed by atoms with Gasteiger partial charge < -0.3 is 4.57 Å². The van der Waals surface area contributed by atoms with Crippen LogP contribution in [0.15, 0.2) is 164 Å². The van der Waals surface area contributed by atoms with Gasteiger partial charge >= 0.3 is 0 Å². The molecule has 0 amide bonds. The molecule has 2 aromatic heterocycles. The molecule has 0 aliphatic rings. The van der Waals surface area contributed by atoms with Crippen LogP contribution in [-0.2, 0) is 4.57 Å². The number of benzene rings is 8. The van der Waals surface area contributed by atoms with Gasteiger partial charge in [-0.3, -0.25) is 4.40 Å². The Morgan fingerprint density at radius 2 is 1.06 bits per heavy atom. The van der Waals surface area contributed by atoms with Gasteiger partial charge in [0.15, 0.2) is 7.14 Å². The maximum atomic E-state index is 16.3. The molecular formula is C43H27N2OP. The molecule has 0 radical (unpaired) electrons. The highest BCUT2D eigenvalue weighted by atomic mass is 31.2. The van der Waals surface area contributed by atoms with Gasteiger partial charge in [-0.25, -0.2) is 4.98 Å². The van der Waals surface area contributed by atoms with Crippen LogP contribution in [0, 0.1) is 0 Å². The number of hydrogen-bond acceptors (Lipinski definition) is 2. The molecule has 0 N–H and O–H groups in total. The molecule has 0 fully saturated rings. The molecule has 0 spiro atoms. The van der Waals surface area contributed by atoms with Gasteiger partial charge in [-0.2, -0.15) is 0 Å². The second kappa shape index (κ2) is 9.87. The number of nitrogens with zero attached hydrogens (tertiary/aromatic N) is 2. The Morgan fingerprint density at radius 1 is 0.447 bits per heavy atom. The van der Waals surface area contributed by atoms with E-state index in [-0.39, 0.29) is 0 Å². The second-order valence-corrected chi connectivity index (χ2v) is 15.0. The number of para-hydroxylation sites is 2. The highest BCUT2D eigenvalue weighted by molar-refractivity contribution is 7.85. The van der Waals surface area contributed by atoms with Gasteiger partial charge in [0, 0.05) is 32.1 Å². The van der Waals surface area contributed by atoms with Gasteiger partial charge in [0.05, 0.1) is 16.6 Å². The van der Waals surface area contributed by atoms with Crippen LogP contribution < -0.4 is 15.9 Å². The Kier molecular flexibility index (Phi) is 5.55. The minimum atomic E-state index is -3.39. The highest BCUT2D eigenvalue weighted by Crippen LogP contribution is 2.46. The third kappa shape index (κ3) is 3.75. The van der Waals surface area contributed by atoms with Crippen molar-refractivity contribution in [3.05, 3.63) is 164 Å². The number of pyridine rings is 1. The summed E-state index contributed by atoms with van der Waals surface area (Å²) in [5.74, 6) is 0. The lowest BCUT2D eigenvalue weighted by atomic mass is 9.99. The van der Waals surface area contributed by atoms with Crippen molar-refractivity contribution in [2.45, 2.75) is 0 Å². The van der Waals surface area contributed by atoms with Crippen molar-refractivity contribution in [2.75, 3.05) is 0 Å². The zero-order chi connectivity index (χ0) is 31.1. The molecule has 8 aromatic carbocycles. The fourth-order valence-electron chi connectivity index (χ4n) is 7.59. The molecule has 4 heteroatoms. The quantitative estimate of drug-likeness (QED) is 0.146. The largest absolute Gasteiger partial charge is 0.309 e. The number of rotatable bonds is 3. The lowest BCUT2D eigenvalue weighted by molar-refractivity contribution is 0.592. The van der Waals surface area contributed by atoms with Crippen LogP contribution in [0.1, 0.15) is 0 Å². The van der Waals surface area contributed by atoms with Crippen LogP contribution in [0.3, 0.4) is 0 Å². The Hall–Kier alpha value is -5.76. The zero-order valence-corrected chi connectivity index (χ0v) is 26.2. The summed E-state index contributed by atoms with van der Waals surface area (Å²) in [6.45, 7) is 0. The van der Waals surface area contributed by atoms with Crippen molar-refractivity contribution in [3.63, 3.8) is 0 Å². The summed E-state index contributed by atoms with van der Waals surface area (Å²) in [7, 11) is -3.39. The third-order valence-electron chi connectivity index (χ3n) is 9.79. The van der Waals surface area contributed by atoms with Crippen molar-refractivity contribution in [2.24, 2.45) is 0 Å². The third-order valence-corrected chi connectivity index (χ3v) is 12.9. The summed E-state index contributed by atoms with van der Waals surface area (Å²) in [4.78, 5) is 5.18. The molecule has 0 bridgehead atoms. The number of imidazole rings is 1. The van der Waals surface area contributed by atoms with E-state index >= 15 is 4.57 Å². The lowest BCUT2D eigenvalue weighted by Crippen LogP contribution is -2.26. The SMILES string of the molecule is O=P(c1ccc2ccccc2c1)(c1ccc2c3c4ccccc4ccc3c3nc4ccccc4n3c2c1)c1cccc2ccccc12. The van der Waals surface area contributed by atoms with Crippen LogP contribution in [-0.4, -0.2) is 9.38 Å². The Bertz CT molecular complexity index is 2950. The smallest absolute Gasteiger partial charge is 0.171 e. The molecular weight excluding hydrogens is 591 g/mol. The van der Waals surface area contributed by atoms with Crippen LogP contribution >= 0.6 is 7.14 Å². The molecule has 1 atom stereocenters. The standard InChI is InChI=1S/C43H27N2OP/c46-47(32-22-20-28-10-1-2-13-31(28)26-32,41-19-9-14-29-11-3-5-15-34(29)41)33-23-25-36-40(27-33)45-39-18-8-7-17-38(39)44-43(45)37-24-21-30-12-4-6-16-35(30)42(36)37/h1-27H. The maximum Gasteiger partial charge on any atom is 0.171 e. The fourth-order valence-corrected chi connectivity index (χ4v) is 10.5. The van der Waals surface area contributed by atoms with Gasteiger partial charge in [0.2, 0.25) is 0 Å². The average Bonchev–Trinajstić information content (AvgIpc) is 3.54. The van der Waals surface area contributed by atoms with E-state index in [1.54, 1.807) is 0 Å². The minimum Gasteiger partial charge on any atom is -0.309 e. The van der Waals surface area contributed by atoms with Crippen LogP contribution in [0.4, 0.5) is 0 Å². The summed E-state index contributed by atoms with van der Waals surface area (Å²) in [5, 5.41) is 12.5. The Balaban J connectivity index is 1.38. The van der Waals surface area contributed by atoms with Crippen LogP contribution in [0.25, 0.3) is 70.7 Å². The second-order valence-electron chi connectivity index (χ2n) is 12.3. The molecule has 47 heavy (non-hydrogen) atoms. The van der Waals surface area contributed by atoms with Crippen molar-refractivity contribution >= 4 is 93.7 Å². The predicted molar refractivity (Wildman–Crippen MR) is 200 cm³/mol. The van der Waals surface area contributed by atoms with Gasteiger partial charge in [-0.05, 0) is 62.6 Å². The number of fused-ring (bicyclic) bond motifs is 12. The minimum absolute atomic E-state index is 0.801. The predicted octanol–water partition coefficient (Wildman–Crippen LogP) is 9.89. The van der Waals surface area contributed by atoms with Gasteiger partial charge in [0.25, 0.3) is 0 Å². The monoisotopic (exact) mass is 618 g/mol. The van der Waals surface area contributed by atoms with E-state index in [1.807, 2.05) is 36.4 Å². The Labute approximate surface area is 270 Å². The van der Waals surface area contributed by atoms with Gasteiger partial charge in [-0.15, -0.1) is 0 Å². The molecule has 10 aromatic rings. The topological polar surface area (TPSA) is 34.4 Å². The summed E-state index contributed by atoms with van der Waals surface area (Å²) in [6.07, 6.45) is 0. The molecule has 0 saturated heterocycles. The molecule has 1 unspecified atom stereocenters. The van der Waals surface area contributed by atoms with Gasteiger partial charge in [0.1, 0.15) is 5.65 Å². The molecule has 3 nitrogen and oxygen atoms in total. The van der Waals surface area contributed by atoms with E-state index in [1.165, 1.54) is 10.8 Å². The van der Waals surface area contributed by atoms with E-state index in [9.17, 15) is 0 Å². The molecule has 10 rings (SSSR count). The maximum absolute atomic E-state index is 16.3. The summed E-state index contributed by atoms with van der Waals surface area (Å²) < 4.78 is 18.6. The zero-order valence-electron chi connectivity index (χ0n) is 25.3. The van der Waals surface area contributed by atoms with E-state index in [4.69, 9.17) is 4.98 Å². The molecule has 2 heterocycles. The number of aromatic nitrogens is 2. The molecule has 0 saturated carbocycles. The lowest BCUT2D eigenvalue weighted by Gasteiger charge is -2.23. The first-order valence-electron chi connectivity index (χ1n) is 15.9. The summed E-state index contributed by atoms with van der Waals surface area (Å²) in [6, 6.07) is 56.7. The first kappa shape index (κ1) is 26.5. The molecule has 0 aliphatic heterocycles. The highest BCUT2D eigenvalue weighted by Gasteiger charge is 2.32. The first-order valence-corrected chi connectivity index (χ1v) is 17.6. The molecule has 220 valence electrons. The Morgan fingerprint density at radius 3 is 1.94 bits per heavy atom. The van der Waals surface area contributed by atoms with Crippen LogP contribution in [0.2, 0.25) is 0 Å². The first-order chi connectivity index (χ1) is 23.2. The van der Waals surface area contributed by atoms with Gasteiger partial charge in [-0.1, -0.05) is 133 Å². The van der Waals surface area contributed by atoms with E-state index < -0.39 is 7.14 Å². The normalized spacial score (nSPS) is 13.4. The fraction of sp³-hybridized carbons (Fsp3) is 0. The average molecular weight is 619 g/mol. The molecule has 0 aliphatic carbocycles.